The van der Waals surface area contributed by atoms with E-state index < -0.39 is 0 Å². The third kappa shape index (κ3) is 3.36. The molecule has 0 aromatic heterocycles. The summed E-state index contributed by atoms with van der Waals surface area (Å²) in [5.41, 5.74) is 7.11. The summed E-state index contributed by atoms with van der Waals surface area (Å²) in [5, 5.41) is 3.68. The van der Waals surface area contributed by atoms with Crippen molar-refractivity contribution < 1.29 is 4.79 Å². The maximum atomic E-state index is 10.4. The van der Waals surface area contributed by atoms with Crippen LogP contribution < -0.4 is 11.1 Å². The lowest BCUT2D eigenvalue weighted by molar-refractivity contribution is -0.117. The molecule has 0 aliphatic rings. The van der Waals surface area contributed by atoms with E-state index in [9.17, 15) is 4.79 Å². The van der Waals surface area contributed by atoms with Crippen LogP contribution in [-0.2, 0) is 11.3 Å². The van der Waals surface area contributed by atoms with Crippen LogP contribution >= 0.6 is 11.6 Å². The van der Waals surface area contributed by atoms with Gasteiger partial charge in [0.1, 0.15) is 0 Å². The lowest BCUT2D eigenvalue weighted by Gasteiger charge is -2.04. The van der Waals surface area contributed by atoms with Crippen molar-refractivity contribution in [3.63, 3.8) is 0 Å². The van der Waals surface area contributed by atoms with E-state index in [0.29, 0.717) is 6.54 Å². The monoisotopic (exact) mass is 212 g/mol. The van der Waals surface area contributed by atoms with E-state index >= 15 is 0 Å². The Bertz CT molecular complexity index is 339. The average Bonchev–Trinajstić information content (AvgIpc) is 2.10. The van der Waals surface area contributed by atoms with E-state index in [4.69, 9.17) is 17.3 Å². The summed E-state index contributed by atoms with van der Waals surface area (Å²) in [6.07, 6.45) is 0. The number of amides is 1. The number of aryl methyl sites for hydroxylation is 1. The number of nitrogens with one attached hydrogen (secondary N) is 1. The molecular formula is C10H13ClN2O. The zero-order valence-electron chi connectivity index (χ0n) is 8.01. The van der Waals surface area contributed by atoms with Gasteiger partial charge in [0.05, 0.1) is 6.54 Å². The van der Waals surface area contributed by atoms with Gasteiger partial charge >= 0.3 is 0 Å². The summed E-state index contributed by atoms with van der Waals surface area (Å²) in [4.78, 5) is 10.4. The number of hydrogen-bond acceptors (Lipinski definition) is 2. The maximum Gasteiger partial charge on any atom is 0.231 e. The smallest absolute Gasteiger partial charge is 0.231 e. The van der Waals surface area contributed by atoms with Crippen molar-refractivity contribution in [2.75, 3.05) is 6.54 Å². The zero-order chi connectivity index (χ0) is 10.6. The molecule has 14 heavy (non-hydrogen) atoms. The first-order valence-corrected chi connectivity index (χ1v) is 4.71. The molecule has 0 fully saturated rings. The minimum atomic E-state index is -0.351. The van der Waals surface area contributed by atoms with Crippen LogP contribution in [0, 0.1) is 6.92 Å². The Balaban J connectivity index is 2.51. The maximum absolute atomic E-state index is 10.4. The fraction of sp³-hybridized carbons (Fsp3) is 0.300. The average molecular weight is 213 g/mol. The Labute approximate surface area is 88.2 Å². The Morgan fingerprint density at radius 1 is 1.57 bits per heavy atom. The third-order valence-electron chi connectivity index (χ3n) is 1.85. The van der Waals surface area contributed by atoms with Gasteiger partial charge in [-0.05, 0) is 24.1 Å². The third-order valence-corrected chi connectivity index (χ3v) is 2.27. The molecule has 0 saturated heterocycles. The van der Waals surface area contributed by atoms with Gasteiger partial charge in [0.25, 0.3) is 0 Å². The van der Waals surface area contributed by atoms with Gasteiger partial charge in [0.15, 0.2) is 0 Å². The highest BCUT2D eigenvalue weighted by Gasteiger charge is 1.98. The van der Waals surface area contributed by atoms with Crippen molar-refractivity contribution in [1.82, 2.24) is 5.32 Å². The normalized spacial score (nSPS) is 10.1. The van der Waals surface area contributed by atoms with Crippen LogP contribution in [0.3, 0.4) is 0 Å². The van der Waals surface area contributed by atoms with Gasteiger partial charge in [-0.2, -0.15) is 0 Å². The number of hydrogen-bond donors (Lipinski definition) is 2. The molecular weight excluding hydrogens is 200 g/mol. The Morgan fingerprint density at radius 2 is 2.29 bits per heavy atom. The predicted molar refractivity (Wildman–Crippen MR) is 57.1 cm³/mol. The molecule has 0 unspecified atom stereocenters. The van der Waals surface area contributed by atoms with E-state index in [1.807, 2.05) is 25.1 Å². The summed E-state index contributed by atoms with van der Waals surface area (Å²) in [6.45, 7) is 2.77. The van der Waals surface area contributed by atoms with Crippen LogP contribution in [0.15, 0.2) is 18.2 Å². The standard InChI is InChI=1S/C10H13ClN2O/c1-7-4-8(2-3-9(7)11)5-13-6-10(12)14/h2-4,13H,5-6H2,1H3,(H2,12,14). The van der Waals surface area contributed by atoms with Crippen LogP contribution in [0.25, 0.3) is 0 Å². The largest absolute Gasteiger partial charge is 0.369 e. The molecule has 1 amide bonds. The Kier molecular flexibility index (Phi) is 3.92. The second-order valence-electron chi connectivity index (χ2n) is 3.15. The van der Waals surface area contributed by atoms with Gasteiger partial charge in [-0.3, -0.25) is 4.79 Å². The fourth-order valence-electron chi connectivity index (χ4n) is 1.15. The molecule has 0 bridgehead atoms. The number of nitrogens with two attached hydrogens (primary N) is 1. The predicted octanol–water partition coefficient (Wildman–Crippen LogP) is 1.22. The Hall–Kier alpha value is -1.06. The first-order chi connectivity index (χ1) is 6.59. The van der Waals surface area contributed by atoms with Gasteiger partial charge < -0.3 is 11.1 Å². The van der Waals surface area contributed by atoms with Gasteiger partial charge in [0, 0.05) is 11.6 Å². The van der Waals surface area contributed by atoms with Gasteiger partial charge in [0.2, 0.25) is 5.91 Å². The van der Waals surface area contributed by atoms with Crippen molar-refractivity contribution in [2.45, 2.75) is 13.5 Å². The van der Waals surface area contributed by atoms with Crippen LogP contribution in [0.5, 0.6) is 0 Å². The van der Waals surface area contributed by atoms with Crippen LogP contribution in [0.1, 0.15) is 11.1 Å². The van der Waals surface area contributed by atoms with Crippen molar-refractivity contribution in [2.24, 2.45) is 5.73 Å². The fourth-order valence-corrected chi connectivity index (χ4v) is 1.26. The molecule has 0 atom stereocenters. The summed E-state index contributed by atoms with van der Waals surface area (Å²) < 4.78 is 0. The number of carbonyl (C=O) groups is 1. The molecule has 0 radical (unpaired) electrons. The molecule has 1 aromatic rings. The molecule has 0 aliphatic heterocycles. The second-order valence-corrected chi connectivity index (χ2v) is 3.56. The first-order valence-electron chi connectivity index (χ1n) is 4.33. The highest BCUT2D eigenvalue weighted by atomic mass is 35.5. The Morgan fingerprint density at radius 3 is 2.86 bits per heavy atom. The van der Waals surface area contributed by atoms with E-state index in [1.54, 1.807) is 0 Å². The number of rotatable bonds is 4. The number of halogens is 1. The summed E-state index contributed by atoms with van der Waals surface area (Å²) in [5.74, 6) is -0.351. The second kappa shape index (κ2) is 4.98. The molecule has 0 spiro atoms. The topological polar surface area (TPSA) is 55.1 Å². The highest BCUT2D eigenvalue weighted by molar-refractivity contribution is 6.31. The van der Waals surface area contributed by atoms with Crippen molar-refractivity contribution in [3.05, 3.63) is 34.3 Å². The SMILES string of the molecule is Cc1cc(CNCC(N)=O)ccc1Cl. The van der Waals surface area contributed by atoms with E-state index in [1.165, 1.54) is 0 Å². The van der Waals surface area contributed by atoms with E-state index in [-0.39, 0.29) is 12.5 Å². The molecule has 0 aliphatic carbocycles. The van der Waals surface area contributed by atoms with Crippen molar-refractivity contribution in [1.29, 1.82) is 0 Å². The number of benzene rings is 1. The molecule has 1 rings (SSSR count). The molecule has 76 valence electrons. The number of primary amides is 1. The minimum Gasteiger partial charge on any atom is -0.369 e. The summed E-state index contributed by atoms with van der Waals surface area (Å²) in [7, 11) is 0. The minimum absolute atomic E-state index is 0.196. The number of carbonyl (C=O) groups excluding carboxylic acids is 1. The molecule has 0 saturated carbocycles. The van der Waals surface area contributed by atoms with Crippen molar-refractivity contribution >= 4 is 17.5 Å². The first kappa shape index (κ1) is 11.0. The molecule has 4 heteroatoms. The van der Waals surface area contributed by atoms with Crippen LogP contribution in [0.2, 0.25) is 5.02 Å². The van der Waals surface area contributed by atoms with E-state index in [0.717, 1.165) is 16.1 Å². The summed E-state index contributed by atoms with van der Waals surface area (Å²) >= 11 is 5.87. The molecule has 3 nitrogen and oxygen atoms in total. The molecule has 0 heterocycles. The van der Waals surface area contributed by atoms with Gasteiger partial charge in [-0.1, -0.05) is 23.7 Å². The zero-order valence-corrected chi connectivity index (χ0v) is 8.77. The van der Waals surface area contributed by atoms with Crippen LogP contribution in [0.4, 0.5) is 0 Å². The lowest BCUT2D eigenvalue weighted by Crippen LogP contribution is -2.28. The van der Waals surface area contributed by atoms with Crippen molar-refractivity contribution in [3.8, 4) is 0 Å². The van der Waals surface area contributed by atoms with E-state index in [2.05, 4.69) is 5.32 Å². The van der Waals surface area contributed by atoms with Crippen LogP contribution in [-0.4, -0.2) is 12.5 Å². The van der Waals surface area contributed by atoms with Gasteiger partial charge in [-0.15, -0.1) is 0 Å². The van der Waals surface area contributed by atoms with Gasteiger partial charge in [-0.25, -0.2) is 0 Å². The lowest BCUT2D eigenvalue weighted by atomic mass is 10.1. The molecule has 3 N–H and O–H groups in total. The quantitative estimate of drug-likeness (QED) is 0.789. The highest BCUT2D eigenvalue weighted by Crippen LogP contribution is 2.15. The molecule has 1 aromatic carbocycles. The summed E-state index contributed by atoms with van der Waals surface area (Å²) in [6, 6.07) is 5.75.